The zero-order chi connectivity index (χ0) is 19.4. The molecule has 3 rings (SSSR count). The predicted octanol–water partition coefficient (Wildman–Crippen LogP) is 2.59. The van der Waals surface area contributed by atoms with Crippen molar-refractivity contribution in [2.24, 2.45) is 0 Å². The molecule has 1 fully saturated rings. The first-order valence-electron chi connectivity index (χ1n) is 8.70. The van der Waals surface area contributed by atoms with E-state index in [0.29, 0.717) is 41.8 Å². The van der Waals surface area contributed by atoms with Crippen LogP contribution >= 0.6 is 11.6 Å². The molecule has 2 aromatic carbocycles. The third-order valence-electron chi connectivity index (χ3n) is 4.62. The van der Waals surface area contributed by atoms with Crippen LogP contribution in [0.15, 0.2) is 53.4 Å². The number of hydrogen-bond donors (Lipinski definition) is 1. The Hall–Kier alpha value is -1.93. The number of halogens is 1. The first kappa shape index (κ1) is 19.8. The fraction of sp³-hybridized carbons (Fsp3) is 0.316. The average Bonchev–Trinajstić information content (AvgIpc) is 2.66. The zero-order valence-corrected chi connectivity index (χ0v) is 16.6. The minimum atomic E-state index is -3.48. The van der Waals surface area contributed by atoms with Gasteiger partial charge in [-0.2, -0.15) is 4.31 Å². The second-order valence-corrected chi connectivity index (χ2v) is 8.80. The van der Waals surface area contributed by atoms with Gasteiger partial charge in [0, 0.05) is 36.9 Å². The minimum Gasteiger partial charge on any atom is -0.325 e. The molecule has 0 aromatic heterocycles. The van der Waals surface area contributed by atoms with Gasteiger partial charge in [-0.15, -0.1) is 0 Å². The highest BCUT2D eigenvalue weighted by Gasteiger charge is 2.28. The molecule has 0 spiro atoms. The van der Waals surface area contributed by atoms with E-state index in [1.807, 2.05) is 17.9 Å². The van der Waals surface area contributed by atoms with Crippen molar-refractivity contribution < 1.29 is 13.2 Å². The Balaban J connectivity index is 1.55. The van der Waals surface area contributed by atoms with Crippen molar-refractivity contribution in [2.75, 3.05) is 38.0 Å². The van der Waals surface area contributed by atoms with E-state index in [9.17, 15) is 13.2 Å². The lowest BCUT2D eigenvalue weighted by molar-refractivity contribution is -0.117. The molecule has 1 heterocycles. The minimum absolute atomic E-state index is 0.139. The number of benzene rings is 2. The second kappa shape index (κ2) is 8.39. The summed E-state index contributed by atoms with van der Waals surface area (Å²) in [7, 11) is -3.48. The predicted molar refractivity (Wildman–Crippen MR) is 106 cm³/mol. The van der Waals surface area contributed by atoms with E-state index in [2.05, 4.69) is 5.32 Å². The van der Waals surface area contributed by atoms with Crippen LogP contribution < -0.4 is 5.32 Å². The summed E-state index contributed by atoms with van der Waals surface area (Å²) in [5.74, 6) is -0.139. The molecule has 1 aliphatic rings. The molecule has 1 aliphatic heterocycles. The third-order valence-corrected chi connectivity index (χ3v) is 6.94. The maximum Gasteiger partial charge on any atom is 0.243 e. The molecular weight excluding hydrogens is 386 g/mol. The molecule has 2 aromatic rings. The average molecular weight is 408 g/mol. The number of rotatable bonds is 5. The number of nitrogens with one attached hydrogen (secondary N) is 1. The fourth-order valence-corrected chi connectivity index (χ4v) is 4.62. The van der Waals surface area contributed by atoms with E-state index in [4.69, 9.17) is 11.6 Å². The number of piperazine rings is 1. The van der Waals surface area contributed by atoms with E-state index < -0.39 is 10.0 Å². The van der Waals surface area contributed by atoms with Crippen LogP contribution in [0.5, 0.6) is 0 Å². The van der Waals surface area contributed by atoms with Crippen LogP contribution in [-0.4, -0.2) is 56.3 Å². The fourth-order valence-electron chi connectivity index (χ4n) is 3.01. The van der Waals surface area contributed by atoms with Gasteiger partial charge in [-0.25, -0.2) is 8.42 Å². The van der Waals surface area contributed by atoms with Gasteiger partial charge in [-0.1, -0.05) is 35.9 Å². The molecule has 1 saturated heterocycles. The van der Waals surface area contributed by atoms with Crippen LogP contribution in [0.2, 0.25) is 5.02 Å². The number of hydrogen-bond acceptors (Lipinski definition) is 4. The first-order chi connectivity index (χ1) is 12.9. The molecule has 0 unspecified atom stereocenters. The van der Waals surface area contributed by atoms with Crippen molar-refractivity contribution in [1.29, 1.82) is 0 Å². The summed E-state index contributed by atoms with van der Waals surface area (Å²) in [4.78, 5) is 14.6. The molecule has 0 atom stereocenters. The second-order valence-electron chi connectivity index (χ2n) is 6.45. The summed E-state index contributed by atoms with van der Waals surface area (Å²) in [5, 5.41) is 3.47. The van der Waals surface area contributed by atoms with Crippen LogP contribution in [0.3, 0.4) is 0 Å². The Morgan fingerprint density at radius 3 is 2.37 bits per heavy atom. The van der Waals surface area contributed by atoms with Crippen molar-refractivity contribution in [3.05, 3.63) is 59.1 Å². The Labute approximate surface area is 164 Å². The number of amides is 1. The topological polar surface area (TPSA) is 69.7 Å². The van der Waals surface area contributed by atoms with E-state index in [-0.39, 0.29) is 12.5 Å². The van der Waals surface area contributed by atoms with E-state index in [1.54, 1.807) is 42.5 Å². The van der Waals surface area contributed by atoms with Gasteiger partial charge in [0.15, 0.2) is 0 Å². The van der Waals surface area contributed by atoms with E-state index in [1.165, 1.54) is 4.31 Å². The van der Waals surface area contributed by atoms with Gasteiger partial charge in [0.05, 0.1) is 11.4 Å². The number of sulfonamides is 1. The molecule has 27 heavy (non-hydrogen) atoms. The highest BCUT2D eigenvalue weighted by molar-refractivity contribution is 7.89. The summed E-state index contributed by atoms with van der Waals surface area (Å²) in [6.45, 7) is 3.81. The third kappa shape index (κ3) is 4.68. The van der Waals surface area contributed by atoms with Crippen LogP contribution in [0.4, 0.5) is 5.69 Å². The zero-order valence-electron chi connectivity index (χ0n) is 15.1. The molecule has 144 valence electrons. The number of nitrogens with zero attached hydrogens (tertiary/aromatic N) is 2. The van der Waals surface area contributed by atoms with Gasteiger partial charge < -0.3 is 5.32 Å². The maximum absolute atomic E-state index is 12.6. The van der Waals surface area contributed by atoms with Gasteiger partial charge in [-0.3, -0.25) is 9.69 Å². The highest BCUT2D eigenvalue weighted by atomic mass is 35.5. The molecule has 1 amide bonds. The van der Waals surface area contributed by atoms with Crippen LogP contribution in [0, 0.1) is 6.92 Å². The van der Waals surface area contributed by atoms with Gasteiger partial charge in [0.1, 0.15) is 0 Å². The van der Waals surface area contributed by atoms with Crippen LogP contribution in [-0.2, 0) is 14.8 Å². The van der Waals surface area contributed by atoms with Crippen molar-refractivity contribution in [1.82, 2.24) is 9.21 Å². The SMILES string of the molecule is Cc1c(Cl)cccc1NC(=O)CN1CCN(S(=O)(=O)c2ccccc2)CC1. The van der Waals surface area contributed by atoms with Crippen molar-refractivity contribution in [2.45, 2.75) is 11.8 Å². The van der Waals surface area contributed by atoms with E-state index >= 15 is 0 Å². The summed E-state index contributed by atoms with van der Waals surface area (Å²) >= 11 is 6.07. The molecule has 6 nitrogen and oxygen atoms in total. The molecule has 0 radical (unpaired) electrons. The van der Waals surface area contributed by atoms with Crippen molar-refractivity contribution in [3.63, 3.8) is 0 Å². The summed E-state index contributed by atoms with van der Waals surface area (Å²) in [6.07, 6.45) is 0. The highest BCUT2D eigenvalue weighted by Crippen LogP contribution is 2.23. The van der Waals surface area contributed by atoms with Crippen molar-refractivity contribution in [3.8, 4) is 0 Å². The summed E-state index contributed by atoms with van der Waals surface area (Å²) in [6, 6.07) is 13.8. The molecule has 1 N–H and O–H groups in total. The lowest BCUT2D eigenvalue weighted by Crippen LogP contribution is -2.50. The van der Waals surface area contributed by atoms with E-state index in [0.717, 1.165) is 5.56 Å². The molecule has 0 saturated carbocycles. The summed E-state index contributed by atoms with van der Waals surface area (Å²) < 4.78 is 26.8. The summed E-state index contributed by atoms with van der Waals surface area (Å²) in [5.41, 5.74) is 1.52. The maximum atomic E-state index is 12.6. The Morgan fingerprint density at radius 1 is 1.04 bits per heavy atom. The largest absolute Gasteiger partial charge is 0.325 e. The molecule has 0 bridgehead atoms. The number of carbonyl (C=O) groups is 1. The smallest absolute Gasteiger partial charge is 0.243 e. The van der Waals surface area contributed by atoms with Gasteiger partial charge in [0.2, 0.25) is 15.9 Å². The quantitative estimate of drug-likeness (QED) is 0.827. The van der Waals surface area contributed by atoms with Crippen LogP contribution in [0.1, 0.15) is 5.56 Å². The Bertz CT molecular complexity index is 911. The molecule has 0 aliphatic carbocycles. The van der Waals surface area contributed by atoms with Gasteiger partial charge in [-0.05, 0) is 36.8 Å². The molecule has 8 heteroatoms. The first-order valence-corrected chi connectivity index (χ1v) is 10.5. The van der Waals surface area contributed by atoms with Gasteiger partial charge >= 0.3 is 0 Å². The van der Waals surface area contributed by atoms with Crippen molar-refractivity contribution >= 4 is 33.2 Å². The van der Waals surface area contributed by atoms with Gasteiger partial charge in [0.25, 0.3) is 0 Å². The monoisotopic (exact) mass is 407 g/mol. The number of anilines is 1. The lowest BCUT2D eigenvalue weighted by atomic mass is 10.2. The Kier molecular flexibility index (Phi) is 6.16. The Morgan fingerprint density at radius 2 is 1.70 bits per heavy atom. The normalized spacial score (nSPS) is 16.2. The standard InChI is InChI=1S/C19H22ClN3O3S/c1-15-17(20)8-5-9-18(15)21-19(24)14-22-10-12-23(13-11-22)27(25,26)16-6-3-2-4-7-16/h2-9H,10-14H2,1H3,(H,21,24). The molecular formula is C19H22ClN3O3S. The lowest BCUT2D eigenvalue weighted by Gasteiger charge is -2.33. The van der Waals surface area contributed by atoms with Crippen LogP contribution in [0.25, 0.3) is 0 Å². The number of carbonyl (C=O) groups excluding carboxylic acids is 1.